The van der Waals surface area contributed by atoms with Crippen LogP contribution >= 0.6 is 0 Å². The van der Waals surface area contributed by atoms with Crippen LogP contribution in [-0.4, -0.2) is 18.8 Å². The molecule has 1 rings (SSSR count). The van der Waals surface area contributed by atoms with E-state index in [4.69, 9.17) is 10.5 Å². The maximum Gasteiger partial charge on any atom is 0.0725 e. The molecule has 2 unspecified atom stereocenters. The molecule has 0 aromatic carbocycles. The van der Waals surface area contributed by atoms with E-state index in [9.17, 15) is 0 Å². The van der Waals surface area contributed by atoms with E-state index in [1.54, 1.807) is 0 Å². The van der Waals surface area contributed by atoms with Crippen molar-refractivity contribution in [2.24, 2.45) is 11.7 Å². The van der Waals surface area contributed by atoms with Crippen molar-refractivity contribution in [3.63, 3.8) is 0 Å². The Hall–Kier alpha value is -0.0800. The Labute approximate surface area is 75.5 Å². The molecular weight excluding hydrogens is 150 g/mol. The van der Waals surface area contributed by atoms with E-state index in [-0.39, 0.29) is 0 Å². The van der Waals surface area contributed by atoms with Crippen LogP contribution in [0.4, 0.5) is 0 Å². The van der Waals surface area contributed by atoms with Crippen molar-refractivity contribution < 1.29 is 4.74 Å². The van der Waals surface area contributed by atoms with Crippen LogP contribution in [-0.2, 0) is 4.74 Å². The molecule has 2 atom stereocenters. The second kappa shape index (κ2) is 4.83. The highest BCUT2D eigenvalue weighted by atomic mass is 16.5. The van der Waals surface area contributed by atoms with Gasteiger partial charge in [-0.3, -0.25) is 0 Å². The van der Waals surface area contributed by atoms with Gasteiger partial charge in [-0.05, 0) is 31.6 Å². The van der Waals surface area contributed by atoms with Gasteiger partial charge in [-0.15, -0.1) is 0 Å². The van der Waals surface area contributed by atoms with Gasteiger partial charge in [0.05, 0.1) is 6.10 Å². The van der Waals surface area contributed by atoms with Crippen LogP contribution in [0.3, 0.4) is 0 Å². The van der Waals surface area contributed by atoms with Crippen LogP contribution in [0.25, 0.3) is 0 Å². The van der Waals surface area contributed by atoms with Crippen molar-refractivity contribution in [3.8, 4) is 0 Å². The molecule has 0 amide bonds. The van der Waals surface area contributed by atoms with Crippen LogP contribution in [0.15, 0.2) is 0 Å². The third kappa shape index (κ3) is 3.11. The molecule has 2 heteroatoms. The van der Waals surface area contributed by atoms with Crippen LogP contribution in [0, 0.1) is 5.92 Å². The second-order valence-corrected chi connectivity index (χ2v) is 4.19. The number of hydrogen-bond acceptors (Lipinski definition) is 2. The highest BCUT2D eigenvalue weighted by molar-refractivity contribution is 4.80. The molecule has 0 aromatic heterocycles. The zero-order valence-corrected chi connectivity index (χ0v) is 8.25. The summed E-state index contributed by atoms with van der Waals surface area (Å²) in [6.45, 7) is 5.33. The molecule has 2 N–H and O–H groups in total. The molecule has 1 fully saturated rings. The van der Waals surface area contributed by atoms with Crippen molar-refractivity contribution in [3.05, 3.63) is 0 Å². The molecule has 72 valence electrons. The summed E-state index contributed by atoms with van der Waals surface area (Å²) in [5.74, 6) is 0.739. The highest BCUT2D eigenvalue weighted by Crippen LogP contribution is 2.20. The Kier molecular flexibility index (Phi) is 4.02. The second-order valence-electron chi connectivity index (χ2n) is 4.19. The monoisotopic (exact) mass is 171 g/mol. The average molecular weight is 171 g/mol. The van der Waals surface area contributed by atoms with E-state index in [0.29, 0.717) is 12.1 Å². The molecule has 12 heavy (non-hydrogen) atoms. The SMILES string of the molecule is CC(C)CCOC1CCCC1N. The summed E-state index contributed by atoms with van der Waals surface area (Å²) in [6, 6.07) is 0.303. The van der Waals surface area contributed by atoms with Gasteiger partial charge in [0.1, 0.15) is 0 Å². The van der Waals surface area contributed by atoms with Crippen molar-refractivity contribution >= 4 is 0 Å². The molecule has 1 saturated carbocycles. The van der Waals surface area contributed by atoms with E-state index in [1.807, 2.05) is 0 Å². The Morgan fingerprint density at radius 3 is 2.67 bits per heavy atom. The molecule has 0 saturated heterocycles. The predicted molar refractivity (Wildman–Crippen MR) is 51.0 cm³/mol. The van der Waals surface area contributed by atoms with Gasteiger partial charge >= 0.3 is 0 Å². The lowest BCUT2D eigenvalue weighted by atomic mass is 10.1. The molecule has 0 aromatic rings. The van der Waals surface area contributed by atoms with Crippen LogP contribution < -0.4 is 5.73 Å². The zero-order valence-electron chi connectivity index (χ0n) is 8.25. The standard InChI is InChI=1S/C10H21NO/c1-8(2)6-7-12-10-5-3-4-9(10)11/h8-10H,3-7,11H2,1-2H3. The van der Waals surface area contributed by atoms with Gasteiger partial charge < -0.3 is 10.5 Å². The quantitative estimate of drug-likeness (QED) is 0.701. The molecule has 0 bridgehead atoms. The number of ether oxygens (including phenoxy) is 1. The zero-order chi connectivity index (χ0) is 8.97. The summed E-state index contributed by atoms with van der Waals surface area (Å²) in [4.78, 5) is 0. The molecule has 0 spiro atoms. The van der Waals surface area contributed by atoms with E-state index < -0.39 is 0 Å². The summed E-state index contributed by atoms with van der Waals surface area (Å²) >= 11 is 0. The largest absolute Gasteiger partial charge is 0.377 e. The number of rotatable bonds is 4. The van der Waals surface area contributed by atoms with E-state index in [1.165, 1.54) is 12.8 Å². The van der Waals surface area contributed by atoms with Crippen LogP contribution in [0.5, 0.6) is 0 Å². The van der Waals surface area contributed by atoms with Gasteiger partial charge in [0.2, 0.25) is 0 Å². The van der Waals surface area contributed by atoms with Crippen molar-refractivity contribution in [2.75, 3.05) is 6.61 Å². The molecule has 2 nitrogen and oxygen atoms in total. The summed E-state index contributed by atoms with van der Waals surface area (Å²) in [6.07, 6.45) is 5.06. The molecule has 0 aliphatic heterocycles. The molecule has 0 heterocycles. The Bertz CT molecular complexity index is 125. The first kappa shape index (κ1) is 10.0. The first-order valence-electron chi connectivity index (χ1n) is 5.07. The van der Waals surface area contributed by atoms with Crippen molar-refractivity contribution in [1.82, 2.24) is 0 Å². The Morgan fingerprint density at radius 2 is 2.17 bits per heavy atom. The van der Waals surface area contributed by atoms with Gasteiger partial charge in [-0.2, -0.15) is 0 Å². The summed E-state index contributed by atoms with van der Waals surface area (Å²) in [7, 11) is 0. The normalized spacial score (nSPS) is 30.0. The smallest absolute Gasteiger partial charge is 0.0725 e. The fourth-order valence-electron chi connectivity index (χ4n) is 1.62. The van der Waals surface area contributed by atoms with Gasteiger partial charge in [0, 0.05) is 12.6 Å². The van der Waals surface area contributed by atoms with E-state index >= 15 is 0 Å². The van der Waals surface area contributed by atoms with E-state index in [2.05, 4.69) is 13.8 Å². The summed E-state index contributed by atoms with van der Waals surface area (Å²) < 4.78 is 5.70. The van der Waals surface area contributed by atoms with Crippen LogP contribution in [0.2, 0.25) is 0 Å². The fraction of sp³-hybridized carbons (Fsp3) is 1.00. The lowest BCUT2D eigenvalue weighted by Crippen LogP contribution is -2.31. The van der Waals surface area contributed by atoms with Crippen LogP contribution in [0.1, 0.15) is 39.5 Å². The van der Waals surface area contributed by atoms with Crippen molar-refractivity contribution in [1.29, 1.82) is 0 Å². The number of hydrogen-bond donors (Lipinski definition) is 1. The molecule has 1 aliphatic carbocycles. The van der Waals surface area contributed by atoms with Crippen molar-refractivity contribution in [2.45, 2.75) is 51.7 Å². The number of nitrogens with two attached hydrogens (primary N) is 1. The molecule has 0 radical (unpaired) electrons. The summed E-state index contributed by atoms with van der Waals surface area (Å²) in [5, 5.41) is 0. The average Bonchev–Trinajstić information content (AvgIpc) is 2.36. The molecule has 1 aliphatic rings. The van der Waals surface area contributed by atoms with Gasteiger partial charge in [-0.25, -0.2) is 0 Å². The fourth-order valence-corrected chi connectivity index (χ4v) is 1.62. The summed E-state index contributed by atoms with van der Waals surface area (Å²) in [5.41, 5.74) is 5.87. The van der Waals surface area contributed by atoms with Gasteiger partial charge in [-0.1, -0.05) is 13.8 Å². The van der Waals surface area contributed by atoms with Gasteiger partial charge in [0.15, 0.2) is 0 Å². The minimum Gasteiger partial charge on any atom is -0.377 e. The van der Waals surface area contributed by atoms with E-state index in [0.717, 1.165) is 25.4 Å². The minimum absolute atomic E-state index is 0.303. The Balaban J connectivity index is 2.06. The Morgan fingerprint density at radius 1 is 1.42 bits per heavy atom. The van der Waals surface area contributed by atoms with Gasteiger partial charge in [0.25, 0.3) is 0 Å². The topological polar surface area (TPSA) is 35.2 Å². The maximum atomic E-state index is 5.87. The third-order valence-corrected chi connectivity index (χ3v) is 2.53. The minimum atomic E-state index is 0.303. The third-order valence-electron chi connectivity index (χ3n) is 2.53. The maximum absolute atomic E-state index is 5.87. The first-order chi connectivity index (χ1) is 5.70. The predicted octanol–water partition coefficient (Wildman–Crippen LogP) is 1.93. The molecular formula is C10H21NO. The first-order valence-corrected chi connectivity index (χ1v) is 5.07. The lowest BCUT2D eigenvalue weighted by Gasteiger charge is -2.16. The lowest BCUT2D eigenvalue weighted by molar-refractivity contribution is 0.0417. The highest BCUT2D eigenvalue weighted by Gasteiger charge is 2.23.